The Labute approximate surface area is 112 Å². The third-order valence-electron chi connectivity index (χ3n) is 4.21. The van der Waals surface area contributed by atoms with Crippen molar-refractivity contribution in [3.05, 3.63) is 35.9 Å². The SMILES string of the molecule is CCNC1CCCCC(CCc2ccccc2)C1. The van der Waals surface area contributed by atoms with Gasteiger partial charge in [-0.3, -0.25) is 0 Å². The molecule has 1 aliphatic rings. The fraction of sp³-hybridized carbons (Fsp3) is 0.647. The quantitative estimate of drug-likeness (QED) is 0.767. The molecule has 0 aliphatic heterocycles. The van der Waals surface area contributed by atoms with Gasteiger partial charge in [-0.25, -0.2) is 0 Å². The van der Waals surface area contributed by atoms with Gasteiger partial charge in [-0.15, -0.1) is 0 Å². The van der Waals surface area contributed by atoms with Crippen LogP contribution in [0.15, 0.2) is 30.3 Å². The highest BCUT2D eigenvalue weighted by molar-refractivity contribution is 5.14. The largest absolute Gasteiger partial charge is 0.314 e. The lowest BCUT2D eigenvalue weighted by molar-refractivity contribution is 0.372. The highest BCUT2D eigenvalue weighted by Crippen LogP contribution is 2.27. The topological polar surface area (TPSA) is 12.0 Å². The number of nitrogens with one attached hydrogen (secondary N) is 1. The molecule has 1 nitrogen and oxygen atoms in total. The Morgan fingerprint density at radius 3 is 2.67 bits per heavy atom. The van der Waals surface area contributed by atoms with Crippen LogP contribution in [0.4, 0.5) is 0 Å². The standard InChI is InChI=1S/C17H27N/c1-2-18-17-11-7-6-10-16(14-17)13-12-15-8-4-3-5-9-15/h3-5,8-9,16-18H,2,6-7,10-14H2,1H3. The second kappa shape index (κ2) is 7.58. The van der Waals surface area contributed by atoms with Gasteiger partial charge in [0.1, 0.15) is 0 Å². The minimum Gasteiger partial charge on any atom is -0.314 e. The number of hydrogen-bond donors (Lipinski definition) is 1. The van der Waals surface area contributed by atoms with E-state index < -0.39 is 0 Å². The molecule has 1 fully saturated rings. The molecule has 1 aromatic rings. The lowest BCUT2D eigenvalue weighted by Gasteiger charge is -2.20. The fourth-order valence-corrected chi connectivity index (χ4v) is 3.21. The van der Waals surface area contributed by atoms with Gasteiger partial charge >= 0.3 is 0 Å². The summed E-state index contributed by atoms with van der Waals surface area (Å²) in [5.41, 5.74) is 1.50. The first-order chi connectivity index (χ1) is 8.88. The molecule has 2 atom stereocenters. The van der Waals surface area contributed by atoms with E-state index in [0.717, 1.165) is 18.5 Å². The molecule has 1 saturated carbocycles. The fourth-order valence-electron chi connectivity index (χ4n) is 3.21. The molecule has 0 aromatic heterocycles. The number of hydrogen-bond acceptors (Lipinski definition) is 1. The molecule has 2 rings (SSSR count). The van der Waals surface area contributed by atoms with E-state index in [2.05, 4.69) is 42.6 Å². The van der Waals surface area contributed by atoms with Gasteiger partial charge in [0, 0.05) is 6.04 Å². The van der Waals surface area contributed by atoms with Crippen molar-refractivity contribution < 1.29 is 0 Å². The Morgan fingerprint density at radius 1 is 1.11 bits per heavy atom. The number of benzene rings is 1. The second-order valence-electron chi connectivity index (χ2n) is 5.67. The smallest absolute Gasteiger partial charge is 0.00695 e. The highest BCUT2D eigenvalue weighted by atomic mass is 14.9. The van der Waals surface area contributed by atoms with Gasteiger partial charge in [-0.05, 0) is 43.7 Å². The summed E-state index contributed by atoms with van der Waals surface area (Å²) in [6, 6.07) is 11.7. The van der Waals surface area contributed by atoms with Crippen LogP contribution < -0.4 is 5.32 Å². The monoisotopic (exact) mass is 245 g/mol. The summed E-state index contributed by atoms with van der Waals surface area (Å²) in [6.07, 6.45) is 9.68. The lowest BCUT2D eigenvalue weighted by Crippen LogP contribution is -2.29. The highest BCUT2D eigenvalue weighted by Gasteiger charge is 2.19. The van der Waals surface area contributed by atoms with Gasteiger partial charge < -0.3 is 5.32 Å². The van der Waals surface area contributed by atoms with Crippen LogP contribution in [-0.2, 0) is 6.42 Å². The first kappa shape index (κ1) is 13.6. The van der Waals surface area contributed by atoms with Crippen LogP contribution in [0.25, 0.3) is 0 Å². The van der Waals surface area contributed by atoms with Crippen molar-refractivity contribution >= 4 is 0 Å². The van der Waals surface area contributed by atoms with E-state index in [1.807, 2.05) is 0 Å². The zero-order valence-electron chi connectivity index (χ0n) is 11.7. The average molecular weight is 245 g/mol. The molecule has 100 valence electrons. The summed E-state index contributed by atoms with van der Waals surface area (Å²) in [4.78, 5) is 0. The van der Waals surface area contributed by atoms with E-state index >= 15 is 0 Å². The molecule has 0 bridgehead atoms. The molecule has 0 spiro atoms. The van der Waals surface area contributed by atoms with E-state index in [9.17, 15) is 0 Å². The normalized spacial score (nSPS) is 24.7. The molecular weight excluding hydrogens is 218 g/mol. The van der Waals surface area contributed by atoms with Crippen LogP contribution in [-0.4, -0.2) is 12.6 Å². The van der Waals surface area contributed by atoms with Crippen molar-refractivity contribution in [2.45, 2.75) is 57.9 Å². The van der Waals surface area contributed by atoms with E-state index in [4.69, 9.17) is 0 Å². The predicted molar refractivity (Wildman–Crippen MR) is 78.8 cm³/mol. The Balaban J connectivity index is 1.80. The molecule has 0 radical (unpaired) electrons. The maximum Gasteiger partial charge on any atom is 0.00695 e. The Hall–Kier alpha value is -0.820. The van der Waals surface area contributed by atoms with Gasteiger partial charge in [-0.2, -0.15) is 0 Å². The maximum absolute atomic E-state index is 3.65. The first-order valence-electron chi connectivity index (χ1n) is 7.65. The first-order valence-corrected chi connectivity index (χ1v) is 7.65. The second-order valence-corrected chi connectivity index (χ2v) is 5.67. The summed E-state index contributed by atoms with van der Waals surface area (Å²) in [5.74, 6) is 0.928. The Kier molecular flexibility index (Phi) is 5.73. The predicted octanol–water partition coefficient (Wildman–Crippen LogP) is 4.18. The van der Waals surface area contributed by atoms with Crippen LogP contribution in [0.5, 0.6) is 0 Å². The van der Waals surface area contributed by atoms with Crippen LogP contribution in [0.3, 0.4) is 0 Å². The zero-order chi connectivity index (χ0) is 12.6. The molecule has 2 unspecified atom stereocenters. The van der Waals surface area contributed by atoms with Gasteiger partial charge in [0.2, 0.25) is 0 Å². The molecule has 0 saturated heterocycles. The molecular formula is C17H27N. The molecule has 1 aliphatic carbocycles. The molecule has 1 aromatic carbocycles. The van der Waals surface area contributed by atoms with Crippen molar-refractivity contribution in [3.8, 4) is 0 Å². The van der Waals surface area contributed by atoms with E-state index in [0.29, 0.717) is 0 Å². The molecule has 1 N–H and O–H groups in total. The van der Waals surface area contributed by atoms with Gasteiger partial charge in [0.05, 0.1) is 0 Å². The summed E-state index contributed by atoms with van der Waals surface area (Å²) in [7, 11) is 0. The minimum absolute atomic E-state index is 0.776. The third-order valence-corrected chi connectivity index (χ3v) is 4.21. The van der Waals surface area contributed by atoms with Gasteiger partial charge in [0.25, 0.3) is 0 Å². The molecule has 0 amide bonds. The van der Waals surface area contributed by atoms with Crippen molar-refractivity contribution in [1.82, 2.24) is 5.32 Å². The Morgan fingerprint density at radius 2 is 1.89 bits per heavy atom. The third kappa shape index (κ3) is 4.45. The van der Waals surface area contributed by atoms with Crippen molar-refractivity contribution in [1.29, 1.82) is 0 Å². The van der Waals surface area contributed by atoms with Crippen molar-refractivity contribution in [3.63, 3.8) is 0 Å². The number of aryl methyl sites for hydroxylation is 1. The minimum atomic E-state index is 0.776. The zero-order valence-corrected chi connectivity index (χ0v) is 11.7. The summed E-state index contributed by atoms with van der Waals surface area (Å²) in [5, 5.41) is 3.65. The van der Waals surface area contributed by atoms with Gasteiger partial charge in [-0.1, -0.05) is 56.5 Å². The molecule has 18 heavy (non-hydrogen) atoms. The number of rotatable bonds is 5. The van der Waals surface area contributed by atoms with Crippen molar-refractivity contribution in [2.24, 2.45) is 5.92 Å². The van der Waals surface area contributed by atoms with Crippen LogP contribution in [0.1, 0.15) is 51.0 Å². The van der Waals surface area contributed by atoms with E-state index in [1.54, 1.807) is 0 Å². The summed E-state index contributed by atoms with van der Waals surface area (Å²) in [6.45, 7) is 3.35. The van der Waals surface area contributed by atoms with Crippen LogP contribution in [0.2, 0.25) is 0 Å². The molecule has 1 heteroatoms. The van der Waals surface area contributed by atoms with Crippen LogP contribution in [0, 0.1) is 5.92 Å². The van der Waals surface area contributed by atoms with Crippen molar-refractivity contribution in [2.75, 3.05) is 6.54 Å². The summed E-state index contributed by atoms with van der Waals surface area (Å²) < 4.78 is 0. The van der Waals surface area contributed by atoms with E-state index in [-0.39, 0.29) is 0 Å². The lowest BCUT2D eigenvalue weighted by atomic mass is 9.91. The average Bonchev–Trinajstić information content (AvgIpc) is 2.63. The van der Waals surface area contributed by atoms with E-state index in [1.165, 1.54) is 50.5 Å². The molecule has 0 heterocycles. The van der Waals surface area contributed by atoms with Gasteiger partial charge in [0.15, 0.2) is 0 Å². The summed E-state index contributed by atoms with van der Waals surface area (Å²) >= 11 is 0. The van der Waals surface area contributed by atoms with Crippen LogP contribution >= 0.6 is 0 Å². The maximum atomic E-state index is 3.65. The Bertz CT molecular complexity index is 320.